The Kier molecular flexibility index (Phi) is 8.63. The van der Waals surface area contributed by atoms with Gasteiger partial charge >= 0.3 is 0 Å². The maximum atomic E-state index is 6.89. The third-order valence-electron chi connectivity index (χ3n) is 9.24. The molecule has 0 amide bonds. The zero-order valence-electron chi connectivity index (χ0n) is 28.4. The number of nitrogen functional groups attached to an aromatic ring is 1. The molecular formula is C45H38N6. The van der Waals surface area contributed by atoms with Crippen LogP contribution in [0.5, 0.6) is 0 Å². The van der Waals surface area contributed by atoms with Crippen molar-refractivity contribution in [3.63, 3.8) is 0 Å². The van der Waals surface area contributed by atoms with Gasteiger partial charge in [0.15, 0.2) is 0 Å². The van der Waals surface area contributed by atoms with E-state index in [9.17, 15) is 0 Å². The smallest absolute Gasteiger partial charge is 0.0930 e. The van der Waals surface area contributed by atoms with Crippen molar-refractivity contribution in [1.82, 2.24) is 4.57 Å². The molecule has 6 nitrogen and oxygen atoms in total. The Bertz CT molecular complexity index is 2440. The molecule has 0 saturated heterocycles. The van der Waals surface area contributed by atoms with Gasteiger partial charge in [-0.1, -0.05) is 97.1 Å². The molecule has 0 atom stereocenters. The maximum absolute atomic E-state index is 6.89. The van der Waals surface area contributed by atoms with Gasteiger partial charge in [-0.25, -0.2) is 4.99 Å². The van der Waals surface area contributed by atoms with Gasteiger partial charge in [0.25, 0.3) is 0 Å². The lowest BCUT2D eigenvalue weighted by Gasteiger charge is -2.26. The number of para-hydroxylation sites is 6. The molecule has 1 aromatic heterocycles. The van der Waals surface area contributed by atoms with Gasteiger partial charge in [-0.3, -0.25) is 0 Å². The topological polar surface area (TPSA) is 70.6 Å². The average Bonchev–Trinajstić information content (AvgIpc) is 3.52. The van der Waals surface area contributed by atoms with Crippen molar-refractivity contribution >= 4 is 68.0 Å². The summed E-state index contributed by atoms with van der Waals surface area (Å²) in [6.45, 7) is 2.92. The first kappa shape index (κ1) is 31.5. The highest BCUT2D eigenvalue weighted by Gasteiger charge is 2.16. The molecule has 8 rings (SSSR count). The van der Waals surface area contributed by atoms with Crippen LogP contribution in [0.1, 0.15) is 6.92 Å². The van der Waals surface area contributed by atoms with E-state index in [0.29, 0.717) is 0 Å². The predicted molar refractivity (Wildman–Crippen MR) is 218 cm³/mol. The Morgan fingerprint density at radius 3 is 2.00 bits per heavy atom. The highest BCUT2D eigenvalue weighted by molar-refractivity contribution is 6.09. The number of aliphatic imine (C=N–C) groups is 1. The minimum absolute atomic E-state index is 0.726. The van der Waals surface area contributed by atoms with Gasteiger partial charge in [-0.15, -0.1) is 0 Å². The quantitative estimate of drug-likeness (QED) is 0.0774. The Morgan fingerprint density at radius 1 is 0.627 bits per heavy atom. The van der Waals surface area contributed by atoms with Gasteiger partial charge in [0.1, 0.15) is 0 Å². The van der Waals surface area contributed by atoms with Gasteiger partial charge in [0.2, 0.25) is 0 Å². The number of hydrogen-bond acceptors (Lipinski definition) is 4. The van der Waals surface area contributed by atoms with E-state index in [1.165, 1.54) is 10.8 Å². The van der Waals surface area contributed by atoms with E-state index in [4.69, 9.17) is 5.73 Å². The van der Waals surface area contributed by atoms with Crippen molar-refractivity contribution in [2.45, 2.75) is 6.92 Å². The molecule has 0 spiro atoms. The van der Waals surface area contributed by atoms with Gasteiger partial charge in [0.05, 0.1) is 45.8 Å². The van der Waals surface area contributed by atoms with E-state index < -0.39 is 0 Å². The number of aromatic nitrogens is 1. The SMILES string of the molecule is CCN(c1cccc(-c2ccccc2Nc2ccccc2NC=Nc2ccccc2)c1)c1ccc(-n2c3ccccc3c3ccccc32)cc1N. The van der Waals surface area contributed by atoms with Crippen LogP contribution in [0.15, 0.2) is 175 Å². The first-order valence-electron chi connectivity index (χ1n) is 17.2. The molecule has 0 aliphatic rings. The summed E-state index contributed by atoms with van der Waals surface area (Å²) in [5, 5.41) is 9.49. The summed E-state index contributed by atoms with van der Waals surface area (Å²) < 4.78 is 2.30. The summed E-state index contributed by atoms with van der Waals surface area (Å²) in [4.78, 5) is 6.82. The van der Waals surface area contributed by atoms with Gasteiger partial charge < -0.3 is 25.8 Å². The summed E-state index contributed by atoms with van der Waals surface area (Å²) in [6, 6.07) is 58.6. The Labute approximate surface area is 298 Å². The molecule has 0 bridgehead atoms. The molecule has 4 N–H and O–H groups in total. The number of hydrogen-bond donors (Lipinski definition) is 3. The molecule has 0 radical (unpaired) electrons. The predicted octanol–water partition coefficient (Wildman–Crippen LogP) is 11.7. The fraction of sp³-hybridized carbons (Fsp3) is 0.0444. The van der Waals surface area contributed by atoms with Crippen LogP contribution in [0, 0.1) is 0 Å². The zero-order chi connectivity index (χ0) is 34.6. The van der Waals surface area contributed by atoms with Gasteiger partial charge in [0, 0.05) is 39.9 Å². The number of rotatable bonds is 10. The van der Waals surface area contributed by atoms with E-state index in [-0.39, 0.29) is 0 Å². The minimum Gasteiger partial charge on any atom is -0.397 e. The molecule has 7 aromatic carbocycles. The highest BCUT2D eigenvalue weighted by Crippen LogP contribution is 2.39. The third-order valence-corrected chi connectivity index (χ3v) is 9.24. The number of nitrogens with zero attached hydrogens (tertiary/aromatic N) is 3. The van der Waals surface area contributed by atoms with Crippen molar-refractivity contribution in [2.75, 3.05) is 27.8 Å². The summed E-state index contributed by atoms with van der Waals surface area (Å²) in [5.41, 5.74) is 19.0. The molecule has 6 heteroatoms. The second-order valence-electron chi connectivity index (χ2n) is 12.4. The van der Waals surface area contributed by atoms with E-state index in [1.54, 1.807) is 6.34 Å². The zero-order valence-corrected chi connectivity index (χ0v) is 28.4. The van der Waals surface area contributed by atoms with Crippen molar-refractivity contribution in [3.05, 3.63) is 170 Å². The molecule has 0 fully saturated rings. The number of anilines is 6. The lowest BCUT2D eigenvalue weighted by molar-refractivity contribution is 1.02. The molecule has 0 saturated carbocycles. The summed E-state index contributed by atoms with van der Waals surface area (Å²) >= 11 is 0. The molecule has 1 heterocycles. The standard InChI is InChI=1S/C45H38N6/c1-2-50(45-28-27-35(30-39(45)46)51-43-25-12-7-20-37(43)38-21-8-13-26-44(38)51)34-18-14-15-32(29-34)36-19-6-9-22-40(36)49-42-24-11-10-23-41(42)48-31-47-33-16-4-3-5-17-33/h3-31,49H,2,46H2,1H3,(H,47,48). The fourth-order valence-corrected chi connectivity index (χ4v) is 6.86. The van der Waals surface area contributed by atoms with Crippen LogP contribution in [0.4, 0.5) is 39.8 Å². The summed E-state index contributed by atoms with van der Waals surface area (Å²) in [7, 11) is 0. The highest BCUT2D eigenvalue weighted by atomic mass is 15.1. The van der Waals surface area contributed by atoms with E-state index in [1.807, 2.05) is 48.5 Å². The van der Waals surface area contributed by atoms with Crippen LogP contribution in [0.3, 0.4) is 0 Å². The van der Waals surface area contributed by atoms with Gasteiger partial charge in [-0.05, 0) is 85.3 Å². The molecule has 0 unspecified atom stereocenters. The first-order valence-corrected chi connectivity index (χ1v) is 17.2. The normalized spacial score (nSPS) is 11.3. The van der Waals surface area contributed by atoms with Crippen molar-refractivity contribution in [2.24, 2.45) is 4.99 Å². The molecule has 51 heavy (non-hydrogen) atoms. The fourth-order valence-electron chi connectivity index (χ4n) is 6.86. The molecule has 8 aromatic rings. The van der Waals surface area contributed by atoms with Crippen molar-refractivity contribution in [1.29, 1.82) is 0 Å². The number of nitrogens with two attached hydrogens (primary N) is 1. The summed E-state index contributed by atoms with van der Waals surface area (Å²) in [5.74, 6) is 0. The van der Waals surface area contributed by atoms with Gasteiger partial charge in [-0.2, -0.15) is 0 Å². The van der Waals surface area contributed by atoms with Crippen LogP contribution in [0.25, 0.3) is 38.6 Å². The lowest BCUT2D eigenvalue weighted by Crippen LogP contribution is -2.17. The first-order chi connectivity index (χ1) is 25.2. The van der Waals surface area contributed by atoms with E-state index >= 15 is 0 Å². The van der Waals surface area contributed by atoms with E-state index in [0.717, 1.165) is 74.2 Å². The van der Waals surface area contributed by atoms with Crippen molar-refractivity contribution in [3.8, 4) is 16.8 Å². The minimum atomic E-state index is 0.726. The molecule has 0 aliphatic carbocycles. The second-order valence-corrected chi connectivity index (χ2v) is 12.4. The molecule has 248 valence electrons. The van der Waals surface area contributed by atoms with Crippen LogP contribution in [-0.4, -0.2) is 17.5 Å². The van der Waals surface area contributed by atoms with Crippen molar-refractivity contribution < 1.29 is 0 Å². The number of nitrogens with one attached hydrogen (secondary N) is 2. The monoisotopic (exact) mass is 662 g/mol. The van der Waals surface area contributed by atoms with Crippen LogP contribution in [-0.2, 0) is 0 Å². The maximum Gasteiger partial charge on any atom is 0.0930 e. The second kappa shape index (κ2) is 14.0. The van der Waals surface area contributed by atoms with Crippen LogP contribution < -0.4 is 21.3 Å². The van der Waals surface area contributed by atoms with Crippen LogP contribution >= 0.6 is 0 Å². The summed E-state index contributed by atoms with van der Waals surface area (Å²) in [6.07, 6.45) is 1.73. The van der Waals surface area contributed by atoms with E-state index in [2.05, 4.69) is 153 Å². The molecule has 0 aliphatic heterocycles. The Balaban J connectivity index is 1.09. The lowest BCUT2D eigenvalue weighted by atomic mass is 10.0. The number of fused-ring (bicyclic) bond motifs is 3. The molecular weight excluding hydrogens is 625 g/mol. The largest absolute Gasteiger partial charge is 0.397 e. The number of benzene rings is 7. The Morgan fingerprint density at radius 2 is 1.27 bits per heavy atom. The average molecular weight is 663 g/mol. The third kappa shape index (κ3) is 6.27. The Hall–Kier alpha value is -6.79. The van der Waals surface area contributed by atoms with Crippen LogP contribution in [0.2, 0.25) is 0 Å².